The summed E-state index contributed by atoms with van der Waals surface area (Å²) in [5.74, 6) is -0.294. The fourth-order valence-corrected chi connectivity index (χ4v) is 3.65. The maximum absolute atomic E-state index is 11.6. The van der Waals surface area contributed by atoms with E-state index in [9.17, 15) is 9.90 Å². The second kappa shape index (κ2) is 6.95. The van der Waals surface area contributed by atoms with Crippen molar-refractivity contribution >= 4 is 46.3 Å². The lowest BCUT2D eigenvalue weighted by molar-refractivity contribution is -0.117. The van der Waals surface area contributed by atoms with Gasteiger partial charge in [-0.1, -0.05) is 54.4 Å². The number of carbonyl (C=O) groups is 1. The van der Waals surface area contributed by atoms with Gasteiger partial charge in [-0.25, -0.2) is 0 Å². The molecule has 128 valence electrons. The molecule has 0 saturated carbocycles. The summed E-state index contributed by atoms with van der Waals surface area (Å²) in [5.41, 5.74) is 10.4. The van der Waals surface area contributed by atoms with E-state index < -0.39 is 5.91 Å². The standard InChI is InChI=1S/C20H17Cl2NO2/c1-2-12-14(9-11-5-3-7-16(21)20(11)22)13-6-4-8-17(24)19(13)15(12)10-18(23)25/h3-9,24H,2,10H2,1H3,(H2,23,25). The van der Waals surface area contributed by atoms with Crippen LogP contribution in [0.5, 0.6) is 5.75 Å². The first-order chi connectivity index (χ1) is 11.9. The van der Waals surface area contributed by atoms with Gasteiger partial charge in [0.2, 0.25) is 5.91 Å². The summed E-state index contributed by atoms with van der Waals surface area (Å²) in [5, 5.41) is 11.3. The van der Waals surface area contributed by atoms with Crippen LogP contribution in [0, 0.1) is 0 Å². The number of carbonyl (C=O) groups excluding carboxylic acids is 1. The SMILES string of the molecule is CCC1=C(CC(N)=O)c2c(O)cccc2C1=Cc1cccc(Cl)c1Cl. The Morgan fingerprint density at radius 2 is 1.88 bits per heavy atom. The number of nitrogens with two attached hydrogens (primary N) is 1. The summed E-state index contributed by atoms with van der Waals surface area (Å²) in [6, 6.07) is 10.8. The van der Waals surface area contributed by atoms with Crippen LogP contribution in [0.2, 0.25) is 10.0 Å². The zero-order chi connectivity index (χ0) is 18.1. The number of aromatic hydroxyl groups is 1. The van der Waals surface area contributed by atoms with Crippen molar-refractivity contribution in [2.75, 3.05) is 0 Å². The van der Waals surface area contributed by atoms with Crippen LogP contribution in [0.15, 0.2) is 42.0 Å². The first-order valence-electron chi connectivity index (χ1n) is 7.93. The van der Waals surface area contributed by atoms with Crippen molar-refractivity contribution in [2.45, 2.75) is 19.8 Å². The van der Waals surface area contributed by atoms with Crippen molar-refractivity contribution < 1.29 is 9.90 Å². The molecule has 0 aliphatic heterocycles. The Labute approximate surface area is 156 Å². The lowest BCUT2D eigenvalue weighted by atomic mass is 9.98. The molecule has 5 heteroatoms. The monoisotopic (exact) mass is 373 g/mol. The van der Waals surface area contributed by atoms with Gasteiger partial charge in [0.15, 0.2) is 0 Å². The Morgan fingerprint density at radius 1 is 1.16 bits per heavy atom. The average Bonchev–Trinajstić information content (AvgIpc) is 2.85. The number of primary amides is 1. The van der Waals surface area contributed by atoms with E-state index in [0.717, 1.165) is 27.8 Å². The molecular formula is C20H17Cl2NO2. The summed E-state index contributed by atoms with van der Waals surface area (Å²) in [7, 11) is 0. The Hall–Kier alpha value is -2.23. The summed E-state index contributed by atoms with van der Waals surface area (Å²) in [6.45, 7) is 2.01. The summed E-state index contributed by atoms with van der Waals surface area (Å²) in [4.78, 5) is 11.6. The molecule has 0 bridgehead atoms. The highest BCUT2D eigenvalue weighted by Crippen LogP contribution is 2.48. The predicted octanol–water partition coefficient (Wildman–Crippen LogP) is 5.29. The van der Waals surface area contributed by atoms with Gasteiger partial charge < -0.3 is 10.8 Å². The molecule has 2 aromatic rings. The molecule has 0 spiro atoms. The normalized spacial score (nSPS) is 14.9. The van der Waals surface area contributed by atoms with Gasteiger partial charge in [0.1, 0.15) is 5.75 Å². The molecule has 0 saturated heterocycles. The molecule has 2 aromatic carbocycles. The van der Waals surface area contributed by atoms with Crippen molar-refractivity contribution in [3.63, 3.8) is 0 Å². The zero-order valence-corrected chi connectivity index (χ0v) is 15.2. The minimum absolute atomic E-state index is 0.0777. The first kappa shape index (κ1) is 17.6. The van der Waals surface area contributed by atoms with Crippen LogP contribution in [0.25, 0.3) is 17.2 Å². The summed E-state index contributed by atoms with van der Waals surface area (Å²) < 4.78 is 0. The van der Waals surface area contributed by atoms with E-state index in [1.54, 1.807) is 18.2 Å². The zero-order valence-electron chi connectivity index (χ0n) is 13.6. The molecule has 0 fully saturated rings. The van der Waals surface area contributed by atoms with Gasteiger partial charge in [0.25, 0.3) is 0 Å². The number of amides is 1. The lowest BCUT2D eigenvalue weighted by Crippen LogP contribution is -2.11. The molecule has 3 rings (SSSR count). The molecule has 3 N–H and O–H groups in total. The van der Waals surface area contributed by atoms with Gasteiger partial charge in [0.05, 0.1) is 16.5 Å². The fourth-order valence-electron chi connectivity index (χ4n) is 3.28. The van der Waals surface area contributed by atoms with Crippen molar-refractivity contribution in [3.05, 3.63) is 68.7 Å². The number of allylic oxidation sites excluding steroid dienone is 2. The molecule has 1 amide bonds. The van der Waals surface area contributed by atoms with E-state index >= 15 is 0 Å². The van der Waals surface area contributed by atoms with E-state index in [1.165, 1.54) is 0 Å². The van der Waals surface area contributed by atoms with Crippen LogP contribution in [-0.2, 0) is 4.79 Å². The highest BCUT2D eigenvalue weighted by Gasteiger charge is 2.28. The van der Waals surface area contributed by atoms with E-state index in [0.29, 0.717) is 22.0 Å². The van der Waals surface area contributed by atoms with Crippen molar-refractivity contribution in [1.82, 2.24) is 0 Å². The second-order valence-corrected chi connectivity index (χ2v) is 6.64. The van der Waals surface area contributed by atoms with E-state index in [-0.39, 0.29) is 12.2 Å². The van der Waals surface area contributed by atoms with Gasteiger partial charge >= 0.3 is 0 Å². The van der Waals surface area contributed by atoms with Crippen LogP contribution in [-0.4, -0.2) is 11.0 Å². The maximum Gasteiger partial charge on any atom is 0.221 e. The molecular weight excluding hydrogens is 357 g/mol. The third kappa shape index (κ3) is 3.17. The number of phenols is 1. The molecule has 1 aliphatic rings. The summed E-state index contributed by atoms with van der Waals surface area (Å²) in [6.07, 6.45) is 2.72. The van der Waals surface area contributed by atoms with Crippen LogP contribution in [0.4, 0.5) is 0 Å². The van der Waals surface area contributed by atoms with E-state index in [2.05, 4.69) is 0 Å². The Morgan fingerprint density at radius 3 is 2.56 bits per heavy atom. The van der Waals surface area contributed by atoms with E-state index in [4.69, 9.17) is 28.9 Å². The number of halogens is 2. The van der Waals surface area contributed by atoms with Gasteiger partial charge in [-0.3, -0.25) is 4.79 Å². The van der Waals surface area contributed by atoms with Crippen molar-refractivity contribution in [2.24, 2.45) is 5.73 Å². The first-order valence-corrected chi connectivity index (χ1v) is 8.68. The number of rotatable bonds is 4. The van der Waals surface area contributed by atoms with Crippen molar-refractivity contribution in [3.8, 4) is 5.75 Å². The average molecular weight is 374 g/mol. The Balaban J connectivity index is 2.27. The second-order valence-electron chi connectivity index (χ2n) is 5.85. The van der Waals surface area contributed by atoms with Crippen LogP contribution < -0.4 is 5.73 Å². The van der Waals surface area contributed by atoms with Crippen LogP contribution in [0.1, 0.15) is 36.5 Å². The molecule has 3 nitrogen and oxygen atoms in total. The van der Waals surface area contributed by atoms with E-state index in [1.807, 2.05) is 31.2 Å². The molecule has 0 unspecified atom stereocenters. The largest absolute Gasteiger partial charge is 0.507 e. The highest BCUT2D eigenvalue weighted by molar-refractivity contribution is 6.43. The van der Waals surface area contributed by atoms with Gasteiger partial charge in [0, 0.05) is 5.56 Å². The topological polar surface area (TPSA) is 63.3 Å². The fraction of sp³-hybridized carbons (Fsp3) is 0.150. The lowest BCUT2D eigenvalue weighted by Gasteiger charge is -2.08. The minimum Gasteiger partial charge on any atom is -0.507 e. The van der Waals surface area contributed by atoms with Gasteiger partial charge in [-0.2, -0.15) is 0 Å². The number of phenolic OH excluding ortho intramolecular Hbond substituents is 1. The molecule has 0 aromatic heterocycles. The smallest absolute Gasteiger partial charge is 0.221 e. The molecule has 25 heavy (non-hydrogen) atoms. The Bertz CT molecular complexity index is 929. The number of benzene rings is 2. The van der Waals surface area contributed by atoms with Crippen molar-refractivity contribution in [1.29, 1.82) is 0 Å². The molecule has 1 aliphatic carbocycles. The van der Waals surface area contributed by atoms with Gasteiger partial charge in [-0.15, -0.1) is 0 Å². The third-order valence-electron chi connectivity index (χ3n) is 4.31. The minimum atomic E-state index is -0.433. The number of hydrogen-bond acceptors (Lipinski definition) is 2. The summed E-state index contributed by atoms with van der Waals surface area (Å²) >= 11 is 12.4. The Kier molecular flexibility index (Phi) is 4.89. The molecule has 0 atom stereocenters. The van der Waals surface area contributed by atoms with Crippen LogP contribution >= 0.6 is 23.2 Å². The number of hydrogen-bond donors (Lipinski definition) is 2. The maximum atomic E-state index is 11.6. The third-order valence-corrected chi connectivity index (χ3v) is 5.14. The number of fused-ring (bicyclic) bond motifs is 1. The highest BCUT2D eigenvalue weighted by atomic mass is 35.5. The predicted molar refractivity (Wildman–Crippen MR) is 103 cm³/mol. The molecule has 0 radical (unpaired) electrons. The van der Waals surface area contributed by atoms with Gasteiger partial charge in [-0.05, 0) is 52.5 Å². The molecule has 0 heterocycles. The van der Waals surface area contributed by atoms with Crippen LogP contribution in [0.3, 0.4) is 0 Å². The quantitative estimate of drug-likeness (QED) is 0.764.